The summed E-state index contributed by atoms with van der Waals surface area (Å²) in [6, 6.07) is 0. The smallest absolute Gasteiger partial charge is 0.00359 e. The Hall–Kier alpha value is 0.350. The molecule has 0 radical (unpaired) electrons. The van der Waals surface area contributed by atoms with Crippen LogP contribution in [-0.4, -0.2) is 5.75 Å². The summed E-state index contributed by atoms with van der Waals surface area (Å²) in [4.78, 5) is 0. The summed E-state index contributed by atoms with van der Waals surface area (Å²) in [5, 5.41) is 0. The van der Waals surface area contributed by atoms with E-state index in [1.807, 2.05) is 0 Å². The van der Waals surface area contributed by atoms with Gasteiger partial charge in [0.2, 0.25) is 0 Å². The molecule has 0 aromatic rings. The Morgan fingerprint density at radius 3 is 2.00 bits per heavy atom. The molecule has 2 rings (SSSR count). The zero-order chi connectivity index (χ0) is 8.11. The molecule has 2 aliphatic rings. The van der Waals surface area contributed by atoms with Crippen molar-refractivity contribution in [2.45, 2.75) is 39.5 Å². The highest BCUT2D eigenvalue weighted by Gasteiger charge is 2.57. The van der Waals surface area contributed by atoms with E-state index in [2.05, 4.69) is 26.5 Å². The normalized spacial score (nSPS) is 55.4. The van der Waals surface area contributed by atoms with Gasteiger partial charge < -0.3 is 0 Å². The molecule has 0 aromatic carbocycles. The molecule has 11 heavy (non-hydrogen) atoms. The van der Waals surface area contributed by atoms with E-state index in [0.717, 1.165) is 11.7 Å². The average molecular weight is 170 g/mol. The van der Waals surface area contributed by atoms with Crippen LogP contribution in [0.15, 0.2) is 0 Å². The molecular formula is C10H18S. The predicted octanol–water partition coefficient (Wildman–Crippen LogP) is 3.13. The fourth-order valence-electron chi connectivity index (χ4n) is 3.28. The molecule has 64 valence electrons. The zero-order valence-corrected chi connectivity index (χ0v) is 8.45. The van der Waals surface area contributed by atoms with Crippen LogP contribution < -0.4 is 0 Å². The third kappa shape index (κ3) is 0.783. The predicted molar refractivity (Wildman–Crippen MR) is 52.0 cm³/mol. The quantitative estimate of drug-likeness (QED) is 0.574. The first-order valence-corrected chi connectivity index (χ1v) is 5.36. The van der Waals surface area contributed by atoms with Crippen molar-refractivity contribution in [2.75, 3.05) is 5.75 Å². The minimum atomic E-state index is 0.566. The van der Waals surface area contributed by atoms with Crippen LogP contribution in [0.3, 0.4) is 0 Å². The molecule has 1 heteroatoms. The number of thiol groups is 1. The largest absolute Gasteiger partial charge is 0.179 e. The van der Waals surface area contributed by atoms with Gasteiger partial charge in [0.15, 0.2) is 0 Å². The van der Waals surface area contributed by atoms with Crippen molar-refractivity contribution in [3.05, 3.63) is 0 Å². The first kappa shape index (κ1) is 7.97. The van der Waals surface area contributed by atoms with Crippen molar-refractivity contribution in [2.24, 2.45) is 16.7 Å². The number of fused-ring (bicyclic) bond motifs is 2. The Morgan fingerprint density at radius 1 is 1.27 bits per heavy atom. The fraction of sp³-hybridized carbons (Fsp3) is 1.00. The third-order valence-corrected chi connectivity index (χ3v) is 5.35. The lowest BCUT2D eigenvalue weighted by molar-refractivity contribution is 0.159. The van der Waals surface area contributed by atoms with Gasteiger partial charge in [-0.1, -0.05) is 13.8 Å². The van der Waals surface area contributed by atoms with Crippen LogP contribution in [0.1, 0.15) is 39.5 Å². The minimum absolute atomic E-state index is 0.566. The molecule has 0 saturated heterocycles. The van der Waals surface area contributed by atoms with E-state index < -0.39 is 0 Å². The molecule has 0 aromatic heterocycles. The topological polar surface area (TPSA) is 0 Å². The highest BCUT2D eigenvalue weighted by Crippen LogP contribution is 2.65. The van der Waals surface area contributed by atoms with E-state index in [1.165, 1.54) is 25.7 Å². The van der Waals surface area contributed by atoms with E-state index in [4.69, 9.17) is 0 Å². The Bertz CT molecular complexity index is 168. The SMILES string of the molecule is CC12CCC(CC1)C2(C)CS. The molecule has 2 bridgehead atoms. The van der Waals surface area contributed by atoms with Gasteiger partial charge in [0.25, 0.3) is 0 Å². The summed E-state index contributed by atoms with van der Waals surface area (Å²) >= 11 is 4.51. The van der Waals surface area contributed by atoms with Crippen molar-refractivity contribution in [3.8, 4) is 0 Å². The first-order valence-electron chi connectivity index (χ1n) is 4.73. The second-order valence-corrected chi connectivity index (χ2v) is 5.23. The highest BCUT2D eigenvalue weighted by atomic mass is 32.1. The summed E-state index contributed by atoms with van der Waals surface area (Å²) in [6.07, 6.45) is 5.84. The van der Waals surface area contributed by atoms with E-state index in [0.29, 0.717) is 10.8 Å². The minimum Gasteiger partial charge on any atom is -0.179 e. The van der Waals surface area contributed by atoms with Crippen LogP contribution in [0.2, 0.25) is 0 Å². The summed E-state index contributed by atoms with van der Waals surface area (Å²) in [7, 11) is 0. The summed E-state index contributed by atoms with van der Waals surface area (Å²) in [5.41, 5.74) is 1.20. The van der Waals surface area contributed by atoms with Crippen molar-refractivity contribution in [1.82, 2.24) is 0 Å². The standard InChI is InChI=1S/C10H18S/c1-9-5-3-8(4-6-9)10(9,2)7-11/h8,11H,3-7H2,1-2H3. The monoisotopic (exact) mass is 170 g/mol. The molecule has 2 saturated carbocycles. The maximum Gasteiger partial charge on any atom is -0.00359 e. The lowest BCUT2D eigenvalue weighted by Crippen LogP contribution is -2.32. The molecule has 1 atom stereocenters. The van der Waals surface area contributed by atoms with Crippen molar-refractivity contribution < 1.29 is 0 Å². The second kappa shape index (κ2) is 2.18. The number of hydrogen-bond donors (Lipinski definition) is 1. The Labute approximate surface area is 75.2 Å². The summed E-state index contributed by atoms with van der Waals surface area (Å²) in [5.74, 6) is 2.08. The van der Waals surface area contributed by atoms with Gasteiger partial charge in [-0.3, -0.25) is 0 Å². The van der Waals surface area contributed by atoms with E-state index in [1.54, 1.807) is 0 Å². The van der Waals surface area contributed by atoms with Crippen LogP contribution >= 0.6 is 12.6 Å². The lowest BCUT2D eigenvalue weighted by atomic mass is 9.71. The fourth-order valence-corrected chi connectivity index (χ4v) is 3.92. The molecule has 0 spiro atoms. The van der Waals surface area contributed by atoms with Crippen LogP contribution in [0.4, 0.5) is 0 Å². The average Bonchev–Trinajstić information content (AvgIpc) is 2.39. The Balaban J connectivity index is 2.34. The van der Waals surface area contributed by atoms with Crippen molar-refractivity contribution in [1.29, 1.82) is 0 Å². The molecule has 0 aliphatic heterocycles. The molecule has 0 heterocycles. The van der Waals surface area contributed by atoms with Gasteiger partial charge in [-0.25, -0.2) is 0 Å². The van der Waals surface area contributed by atoms with Crippen molar-refractivity contribution in [3.63, 3.8) is 0 Å². The summed E-state index contributed by atoms with van der Waals surface area (Å²) in [6.45, 7) is 4.92. The van der Waals surface area contributed by atoms with Gasteiger partial charge in [0.1, 0.15) is 0 Å². The van der Waals surface area contributed by atoms with Gasteiger partial charge in [0.05, 0.1) is 0 Å². The first-order chi connectivity index (χ1) is 5.12. The van der Waals surface area contributed by atoms with E-state index in [-0.39, 0.29) is 0 Å². The third-order valence-electron chi connectivity index (χ3n) is 4.70. The maximum absolute atomic E-state index is 4.51. The van der Waals surface area contributed by atoms with Gasteiger partial charge >= 0.3 is 0 Å². The lowest BCUT2D eigenvalue weighted by Gasteiger charge is -2.36. The Morgan fingerprint density at radius 2 is 1.82 bits per heavy atom. The van der Waals surface area contributed by atoms with Crippen LogP contribution in [0.5, 0.6) is 0 Å². The zero-order valence-electron chi connectivity index (χ0n) is 7.56. The van der Waals surface area contributed by atoms with Gasteiger partial charge in [-0.15, -0.1) is 0 Å². The van der Waals surface area contributed by atoms with Crippen molar-refractivity contribution >= 4 is 12.6 Å². The van der Waals surface area contributed by atoms with Gasteiger partial charge in [-0.05, 0) is 48.2 Å². The molecule has 0 N–H and O–H groups in total. The molecular weight excluding hydrogens is 152 g/mol. The molecule has 1 unspecified atom stereocenters. The van der Waals surface area contributed by atoms with Crippen LogP contribution in [0, 0.1) is 16.7 Å². The van der Waals surface area contributed by atoms with E-state index >= 15 is 0 Å². The van der Waals surface area contributed by atoms with E-state index in [9.17, 15) is 0 Å². The molecule has 0 amide bonds. The Kier molecular flexibility index (Phi) is 1.58. The van der Waals surface area contributed by atoms with Gasteiger partial charge in [0, 0.05) is 0 Å². The maximum atomic E-state index is 4.51. The summed E-state index contributed by atoms with van der Waals surface area (Å²) < 4.78 is 0. The number of hydrogen-bond acceptors (Lipinski definition) is 1. The molecule has 2 fully saturated rings. The van der Waals surface area contributed by atoms with Crippen LogP contribution in [-0.2, 0) is 0 Å². The number of rotatable bonds is 1. The second-order valence-electron chi connectivity index (χ2n) is 4.91. The highest BCUT2D eigenvalue weighted by molar-refractivity contribution is 7.80. The van der Waals surface area contributed by atoms with Gasteiger partial charge in [-0.2, -0.15) is 12.6 Å². The molecule has 0 nitrogen and oxygen atoms in total. The molecule has 2 aliphatic carbocycles. The van der Waals surface area contributed by atoms with Crippen LogP contribution in [0.25, 0.3) is 0 Å².